The van der Waals surface area contributed by atoms with Crippen molar-refractivity contribution in [2.75, 3.05) is 20.5 Å². The van der Waals surface area contributed by atoms with Gasteiger partial charge in [-0.15, -0.1) is 32.9 Å². The van der Waals surface area contributed by atoms with Gasteiger partial charge in [0.1, 0.15) is 6.79 Å². The van der Waals surface area contributed by atoms with Crippen LogP contribution in [0, 0.1) is 11.3 Å². The van der Waals surface area contributed by atoms with E-state index >= 15 is 0 Å². The summed E-state index contributed by atoms with van der Waals surface area (Å²) in [5.74, 6) is 0.270. The van der Waals surface area contributed by atoms with Crippen LogP contribution in [-0.2, 0) is 27.8 Å². The lowest BCUT2D eigenvalue weighted by Crippen LogP contribution is -2.51. The van der Waals surface area contributed by atoms with Crippen molar-refractivity contribution in [1.29, 1.82) is 0 Å². The summed E-state index contributed by atoms with van der Waals surface area (Å²) in [6, 6.07) is 0. The summed E-state index contributed by atoms with van der Waals surface area (Å²) in [6.45, 7) is 48.4. The van der Waals surface area contributed by atoms with Gasteiger partial charge < -0.3 is 27.8 Å². The molecule has 0 amide bonds. The van der Waals surface area contributed by atoms with E-state index in [4.69, 9.17) is 27.8 Å². The largest absolute Gasteiger partial charge is 0.415 e. The topological polar surface area (TPSA) is 55.4 Å². The van der Waals surface area contributed by atoms with Gasteiger partial charge in [-0.2, -0.15) is 0 Å². The minimum atomic E-state index is -2.04. The van der Waals surface area contributed by atoms with Crippen LogP contribution in [0.4, 0.5) is 0 Å². The molecule has 0 aliphatic rings. The molecule has 0 fully saturated rings. The molecule has 0 N–H and O–H groups in total. The molecule has 8 heteroatoms. The third-order valence-electron chi connectivity index (χ3n) is 9.92. The number of ether oxygens (including phenoxy) is 4. The van der Waals surface area contributed by atoms with E-state index in [1.54, 1.807) is 7.11 Å². The lowest BCUT2D eigenvalue weighted by Gasteiger charge is -2.45. The van der Waals surface area contributed by atoms with Crippen LogP contribution in [0.5, 0.6) is 0 Å². The molecule has 0 unspecified atom stereocenters. The molecule has 0 spiro atoms. The first kappa shape index (κ1) is 48.9. The Morgan fingerprint density at radius 1 is 0.680 bits per heavy atom. The second-order valence-electron chi connectivity index (χ2n) is 16.7. The normalized spacial score (nSPS) is 17.2. The zero-order valence-corrected chi connectivity index (χ0v) is 36.8. The van der Waals surface area contributed by atoms with Crippen molar-refractivity contribution >= 4 is 16.6 Å². The molecule has 7 atom stereocenters. The second-order valence-corrected chi connectivity index (χ2v) is 26.7. The number of methoxy groups -OCH3 is 1. The number of hydrogen-bond acceptors (Lipinski definition) is 6. The summed E-state index contributed by atoms with van der Waals surface area (Å²) < 4.78 is 38.9. The van der Waals surface area contributed by atoms with E-state index in [-0.39, 0.29) is 54.7 Å². The minimum absolute atomic E-state index is 0.00275. The van der Waals surface area contributed by atoms with Crippen LogP contribution in [-0.4, -0.2) is 73.8 Å². The molecule has 0 saturated carbocycles. The Morgan fingerprint density at radius 2 is 1.24 bits per heavy atom. The average molecular weight is 737 g/mol. The zero-order chi connectivity index (χ0) is 38.7. The highest BCUT2D eigenvalue weighted by Gasteiger charge is 2.46. The molecule has 0 aliphatic carbocycles. The summed E-state index contributed by atoms with van der Waals surface area (Å²) in [7, 11) is -2.26. The fourth-order valence-corrected chi connectivity index (χ4v) is 14.2. The van der Waals surface area contributed by atoms with Crippen molar-refractivity contribution < 1.29 is 27.8 Å². The van der Waals surface area contributed by atoms with E-state index in [9.17, 15) is 0 Å². The summed E-state index contributed by atoms with van der Waals surface area (Å²) in [5, 5.41) is 0. The first-order valence-corrected chi connectivity index (χ1v) is 24.7. The van der Waals surface area contributed by atoms with E-state index in [1.165, 1.54) is 0 Å². The molecule has 0 saturated heterocycles. The Morgan fingerprint density at radius 3 is 1.68 bits per heavy atom. The van der Waals surface area contributed by atoms with Gasteiger partial charge in [-0.05, 0) is 74.3 Å². The molecule has 0 aromatic carbocycles. The van der Waals surface area contributed by atoms with Crippen molar-refractivity contribution in [1.82, 2.24) is 0 Å². The van der Waals surface area contributed by atoms with E-state index in [2.05, 4.69) is 115 Å². The monoisotopic (exact) mass is 737 g/mol. The average Bonchev–Trinajstić information content (AvgIpc) is 3.02. The fourth-order valence-electron chi connectivity index (χ4n) is 7.30. The van der Waals surface area contributed by atoms with Gasteiger partial charge >= 0.3 is 0 Å². The van der Waals surface area contributed by atoms with Gasteiger partial charge in [0.25, 0.3) is 0 Å². The van der Waals surface area contributed by atoms with Crippen LogP contribution in [0.2, 0.25) is 36.3 Å². The summed E-state index contributed by atoms with van der Waals surface area (Å²) >= 11 is 0. The molecule has 0 heterocycles. The Labute approximate surface area is 312 Å². The predicted octanol–water partition coefficient (Wildman–Crippen LogP) is 11.8. The van der Waals surface area contributed by atoms with E-state index < -0.39 is 16.6 Å². The lowest BCUT2D eigenvalue weighted by molar-refractivity contribution is -0.119. The molecule has 0 rings (SSSR count). The molecule has 0 aromatic heterocycles. The zero-order valence-electron chi connectivity index (χ0n) is 34.8. The SMILES string of the molecule is C=CC[C@H](C[C@@H](C[C@@H](O[Si](C)(C)C)[C@@H](C)CC[C@H](C=C)O[C@@H](C=C)CC=C)OCOC)O[C@H](C=C)C(C)(C)CO[Si](C(C)C)(C(C)C)C(C)C. The van der Waals surface area contributed by atoms with Crippen molar-refractivity contribution in [3.63, 3.8) is 0 Å². The highest BCUT2D eigenvalue weighted by molar-refractivity contribution is 6.77. The molecule has 292 valence electrons. The highest BCUT2D eigenvalue weighted by atomic mass is 28.4. The lowest BCUT2D eigenvalue weighted by atomic mass is 9.87. The van der Waals surface area contributed by atoms with Crippen LogP contribution in [0.1, 0.15) is 101 Å². The highest BCUT2D eigenvalue weighted by Crippen LogP contribution is 2.44. The van der Waals surface area contributed by atoms with Gasteiger partial charge in [-0.1, -0.05) is 92.7 Å². The van der Waals surface area contributed by atoms with Crippen LogP contribution in [0.3, 0.4) is 0 Å². The molecular weight excluding hydrogens is 657 g/mol. The second kappa shape index (κ2) is 24.3. The summed E-state index contributed by atoms with van der Waals surface area (Å²) in [5.41, 5.74) is 1.26. The number of hydrogen-bond donors (Lipinski definition) is 0. The Hall–Kier alpha value is -1.11. The van der Waals surface area contributed by atoms with E-state index in [0.717, 1.165) is 25.7 Å². The smallest absolute Gasteiger partial charge is 0.200 e. The van der Waals surface area contributed by atoms with E-state index in [1.807, 2.05) is 30.4 Å². The van der Waals surface area contributed by atoms with Crippen molar-refractivity contribution in [3.05, 3.63) is 63.3 Å². The van der Waals surface area contributed by atoms with Gasteiger partial charge in [-0.3, -0.25) is 0 Å². The van der Waals surface area contributed by atoms with Crippen molar-refractivity contribution in [2.45, 2.75) is 174 Å². The van der Waals surface area contributed by atoms with Gasteiger partial charge in [0, 0.05) is 25.6 Å². The van der Waals surface area contributed by atoms with Gasteiger partial charge in [0.2, 0.25) is 0 Å². The molecule has 0 aliphatic heterocycles. The van der Waals surface area contributed by atoms with Gasteiger partial charge in [-0.25, -0.2) is 0 Å². The van der Waals surface area contributed by atoms with Gasteiger partial charge in [0.15, 0.2) is 16.6 Å². The standard InChI is InChI=1S/C42H80O6Si2/c1-19-24-36(21-3)46-37(22-4)27-26-35(12)40(48-49(16,17)18)29-39(44-31-43-15)28-38(25-20-2)47-41(23-5)42(13,14)30-45-50(32(6)7,33(8)9)34(10)11/h19-23,32-41H,1-5,24-31H2,6-18H3/t35-,36-,37-,38+,39-,40+,41+/m0/s1. The summed E-state index contributed by atoms with van der Waals surface area (Å²) in [4.78, 5) is 0. The van der Waals surface area contributed by atoms with Crippen molar-refractivity contribution in [3.8, 4) is 0 Å². The molecule has 50 heavy (non-hydrogen) atoms. The maximum Gasteiger partial charge on any atom is 0.200 e. The van der Waals surface area contributed by atoms with Crippen LogP contribution >= 0.6 is 0 Å². The molecule has 0 radical (unpaired) electrons. The molecular formula is C42H80O6Si2. The van der Waals surface area contributed by atoms with Gasteiger partial charge in [0.05, 0.1) is 36.6 Å². The predicted molar refractivity (Wildman–Crippen MR) is 221 cm³/mol. The quantitative estimate of drug-likeness (QED) is 0.0401. The third-order valence-corrected chi connectivity index (χ3v) is 17.0. The fraction of sp³-hybridized carbons (Fsp3) is 0.762. The van der Waals surface area contributed by atoms with E-state index in [0.29, 0.717) is 36.1 Å². The minimum Gasteiger partial charge on any atom is -0.415 e. The molecule has 0 bridgehead atoms. The first-order valence-electron chi connectivity index (χ1n) is 19.1. The summed E-state index contributed by atoms with van der Waals surface area (Å²) in [6.07, 6.45) is 13.4. The van der Waals surface area contributed by atoms with Crippen LogP contribution in [0.15, 0.2) is 63.3 Å². The third kappa shape index (κ3) is 17.1. The van der Waals surface area contributed by atoms with Crippen LogP contribution < -0.4 is 0 Å². The maximum absolute atomic E-state index is 7.06. The number of rotatable bonds is 31. The molecule has 6 nitrogen and oxygen atoms in total. The maximum atomic E-state index is 7.06. The Kier molecular flexibility index (Phi) is 23.7. The van der Waals surface area contributed by atoms with Crippen LogP contribution in [0.25, 0.3) is 0 Å². The first-order chi connectivity index (χ1) is 23.3. The molecule has 0 aromatic rings. The Balaban J connectivity index is 6.11. The Bertz CT molecular complexity index is 950. The van der Waals surface area contributed by atoms with Crippen molar-refractivity contribution in [2.24, 2.45) is 11.3 Å².